The first-order valence-corrected chi connectivity index (χ1v) is 6.17. The smallest absolute Gasteiger partial charge is 0.161 e. The minimum atomic E-state index is 0.600. The second-order valence-electron chi connectivity index (χ2n) is 4.65. The van der Waals surface area contributed by atoms with Crippen molar-refractivity contribution in [3.8, 4) is 11.4 Å². The van der Waals surface area contributed by atoms with E-state index in [0.717, 1.165) is 42.2 Å². The molecule has 1 aliphatic heterocycles. The Morgan fingerprint density at radius 3 is 2.72 bits per heavy atom. The molecule has 2 aromatic rings. The van der Waals surface area contributed by atoms with Crippen molar-refractivity contribution in [3.63, 3.8) is 0 Å². The predicted octanol–water partition coefficient (Wildman–Crippen LogP) is 1.68. The Labute approximate surface area is 106 Å². The van der Waals surface area contributed by atoms with Gasteiger partial charge in [-0.05, 0) is 6.92 Å². The van der Waals surface area contributed by atoms with Crippen molar-refractivity contribution in [2.24, 2.45) is 0 Å². The van der Waals surface area contributed by atoms with E-state index in [4.69, 9.17) is 5.73 Å². The molecule has 0 amide bonds. The van der Waals surface area contributed by atoms with Gasteiger partial charge in [0.15, 0.2) is 5.82 Å². The molecule has 1 aromatic heterocycles. The number of nitrogens with zero attached hydrogens (tertiary/aromatic N) is 2. The van der Waals surface area contributed by atoms with Gasteiger partial charge >= 0.3 is 0 Å². The van der Waals surface area contributed by atoms with Gasteiger partial charge < -0.3 is 11.1 Å². The van der Waals surface area contributed by atoms with Gasteiger partial charge in [0.05, 0.1) is 5.69 Å². The molecule has 1 aliphatic rings. The van der Waals surface area contributed by atoms with E-state index in [1.54, 1.807) is 0 Å². The van der Waals surface area contributed by atoms with Crippen LogP contribution in [-0.2, 0) is 13.0 Å². The van der Waals surface area contributed by atoms with Gasteiger partial charge in [-0.2, -0.15) is 0 Å². The summed E-state index contributed by atoms with van der Waals surface area (Å²) in [6.07, 6.45) is 0.918. The van der Waals surface area contributed by atoms with Gasteiger partial charge in [0.25, 0.3) is 0 Å². The number of fused-ring (bicyclic) bond motifs is 1. The zero-order valence-electron chi connectivity index (χ0n) is 10.4. The van der Waals surface area contributed by atoms with Crippen molar-refractivity contribution in [3.05, 3.63) is 41.1 Å². The molecule has 0 unspecified atom stereocenters. The van der Waals surface area contributed by atoms with Crippen LogP contribution in [-0.4, -0.2) is 16.5 Å². The first-order chi connectivity index (χ1) is 8.74. The number of aryl methyl sites for hydroxylation is 1. The summed E-state index contributed by atoms with van der Waals surface area (Å²) in [5, 5.41) is 3.29. The van der Waals surface area contributed by atoms with Gasteiger partial charge in [-0.1, -0.05) is 29.8 Å². The summed E-state index contributed by atoms with van der Waals surface area (Å²) >= 11 is 0. The van der Waals surface area contributed by atoms with Crippen molar-refractivity contribution in [2.75, 3.05) is 12.3 Å². The van der Waals surface area contributed by atoms with Gasteiger partial charge in [0, 0.05) is 30.6 Å². The fourth-order valence-corrected chi connectivity index (χ4v) is 2.20. The Bertz CT molecular complexity index is 575. The minimum absolute atomic E-state index is 0.600. The summed E-state index contributed by atoms with van der Waals surface area (Å²) in [7, 11) is 0. The molecule has 2 heterocycles. The first-order valence-electron chi connectivity index (χ1n) is 6.17. The summed E-state index contributed by atoms with van der Waals surface area (Å²) in [5.74, 6) is 1.33. The molecule has 4 nitrogen and oxygen atoms in total. The average Bonchev–Trinajstić information content (AvgIpc) is 2.39. The molecule has 0 aliphatic carbocycles. The number of hydrogen-bond acceptors (Lipinski definition) is 4. The highest BCUT2D eigenvalue weighted by Gasteiger charge is 2.16. The van der Waals surface area contributed by atoms with E-state index in [2.05, 4.69) is 34.3 Å². The number of hydrogen-bond donors (Lipinski definition) is 2. The Hall–Kier alpha value is -1.94. The molecule has 0 radical (unpaired) electrons. The number of nitrogen functional groups attached to an aromatic ring is 1. The maximum absolute atomic E-state index is 6.02. The molecule has 92 valence electrons. The highest BCUT2D eigenvalue weighted by Crippen LogP contribution is 2.22. The van der Waals surface area contributed by atoms with Crippen molar-refractivity contribution in [2.45, 2.75) is 19.9 Å². The van der Waals surface area contributed by atoms with E-state index in [1.807, 2.05) is 12.1 Å². The zero-order valence-corrected chi connectivity index (χ0v) is 10.4. The van der Waals surface area contributed by atoms with Gasteiger partial charge in [-0.3, -0.25) is 0 Å². The van der Waals surface area contributed by atoms with Crippen LogP contribution < -0.4 is 11.1 Å². The van der Waals surface area contributed by atoms with Crippen LogP contribution in [0.1, 0.15) is 16.8 Å². The lowest BCUT2D eigenvalue weighted by atomic mass is 10.1. The minimum Gasteiger partial charge on any atom is -0.383 e. The van der Waals surface area contributed by atoms with E-state index in [9.17, 15) is 0 Å². The lowest BCUT2D eigenvalue weighted by Crippen LogP contribution is -2.26. The average molecular weight is 240 g/mol. The molecule has 0 saturated carbocycles. The molecule has 18 heavy (non-hydrogen) atoms. The maximum Gasteiger partial charge on any atom is 0.161 e. The largest absolute Gasteiger partial charge is 0.383 e. The van der Waals surface area contributed by atoms with Gasteiger partial charge in [0.2, 0.25) is 0 Å². The first kappa shape index (κ1) is 11.2. The third-order valence-electron chi connectivity index (χ3n) is 3.27. The molecule has 0 bridgehead atoms. The topological polar surface area (TPSA) is 63.8 Å². The fourth-order valence-electron chi connectivity index (χ4n) is 2.20. The molecule has 3 N–H and O–H groups in total. The third-order valence-corrected chi connectivity index (χ3v) is 3.27. The lowest BCUT2D eigenvalue weighted by molar-refractivity contribution is 0.629. The molecule has 0 fully saturated rings. The van der Waals surface area contributed by atoms with Crippen molar-refractivity contribution < 1.29 is 0 Å². The second-order valence-corrected chi connectivity index (χ2v) is 4.65. The molecule has 0 saturated heterocycles. The molecule has 4 heteroatoms. The summed E-state index contributed by atoms with van der Waals surface area (Å²) < 4.78 is 0. The van der Waals surface area contributed by atoms with Gasteiger partial charge in [0.1, 0.15) is 5.82 Å². The van der Waals surface area contributed by atoms with E-state index >= 15 is 0 Å². The van der Waals surface area contributed by atoms with Crippen molar-refractivity contribution >= 4 is 5.82 Å². The third kappa shape index (κ3) is 1.95. The number of benzene rings is 1. The Balaban J connectivity index is 2.08. The SMILES string of the molecule is Cc1ccc(-c2nc(N)c3c(n2)CCNC3)cc1. The zero-order chi connectivity index (χ0) is 12.5. The monoisotopic (exact) mass is 240 g/mol. The summed E-state index contributed by atoms with van der Waals surface area (Å²) in [5.41, 5.74) is 10.4. The number of anilines is 1. The van der Waals surface area contributed by atoms with Gasteiger partial charge in [-0.25, -0.2) is 9.97 Å². The van der Waals surface area contributed by atoms with Crippen LogP contribution in [0.5, 0.6) is 0 Å². The predicted molar refractivity (Wildman–Crippen MR) is 72.0 cm³/mol. The van der Waals surface area contributed by atoms with Crippen LogP contribution in [0.4, 0.5) is 5.82 Å². The number of nitrogens with one attached hydrogen (secondary N) is 1. The molecular formula is C14H16N4. The highest BCUT2D eigenvalue weighted by molar-refractivity contribution is 5.59. The molecule has 0 spiro atoms. The lowest BCUT2D eigenvalue weighted by Gasteiger charge is -2.18. The van der Waals surface area contributed by atoms with E-state index in [1.165, 1.54) is 5.56 Å². The van der Waals surface area contributed by atoms with Crippen molar-refractivity contribution in [1.82, 2.24) is 15.3 Å². The normalized spacial score (nSPS) is 14.3. The molecule has 3 rings (SSSR count). The van der Waals surface area contributed by atoms with Crippen LogP contribution in [0.15, 0.2) is 24.3 Å². The quantitative estimate of drug-likeness (QED) is 0.796. The van der Waals surface area contributed by atoms with Crippen LogP contribution in [0.2, 0.25) is 0 Å². The molecule has 0 atom stereocenters. The summed E-state index contributed by atoms with van der Waals surface area (Å²) in [4.78, 5) is 9.06. The standard InChI is InChI=1S/C14H16N4/c1-9-2-4-10(5-3-9)14-17-12-6-7-16-8-11(12)13(15)18-14/h2-5,16H,6-8H2,1H3,(H2,15,17,18). The Kier molecular flexibility index (Phi) is 2.72. The Morgan fingerprint density at radius 2 is 1.94 bits per heavy atom. The fraction of sp³-hybridized carbons (Fsp3) is 0.286. The number of aromatic nitrogens is 2. The van der Waals surface area contributed by atoms with Crippen LogP contribution in [0.25, 0.3) is 11.4 Å². The highest BCUT2D eigenvalue weighted by atomic mass is 15.0. The van der Waals surface area contributed by atoms with E-state index < -0.39 is 0 Å². The summed E-state index contributed by atoms with van der Waals surface area (Å²) in [6, 6.07) is 8.21. The van der Waals surface area contributed by atoms with E-state index in [-0.39, 0.29) is 0 Å². The second kappa shape index (κ2) is 4.38. The van der Waals surface area contributed by atoms with E-state index in [0.29, 0.717) is 5.82 Å². The van der Waals surface area contributed by atoms with Crippen molar-refractivity contribution in [1.29, 1.82) is 0 Å². The van der Waals surface area contributed by atoms with Gasteiger partial charge in [-0.15, -0.1) is 0 Å². The van der Waals surface area contributed by atoms with Crippen LogP contribution >= 0.6 is 0 Å². The maximum atomic E-state index is 6.02. The summed E-state index contributed by atoms with van der Waals surface area (Å²) in [6.45, 7) is 3.80. The van der Waals surface area contributed by atoms with Crippen LogP contribution in [0, 0.1) is 6.92 Å². The van der Waals surface area contributed by atoms with Crippen LogP contribution in [0.3, 0.4) is 0 Å². The number of rotatable bonds is 1. The molecular weight excluding hydrogens is 224 g/mol. The Morgan fingerprint density at radius 1 is 1.17 bits per heavy atom. The number of nitrogens with two attached hydrogens (primary N) is 1. The molecule has 1 aromatic carbocycles.